The van der Waals surface area contributed by atoms with Crippen molar-refractivity contribution < 1.29 is 8.37 Å². The topological polar surface area (TPSA) is 18.5 Å². The first-order chi connectivity index (χ1) is 10.2. The molecule has 114 valence electrons. The van der Waals surface area contributed by atoms with Crippen LogP contribution in [0.3, 0.4) is 0 Å². The van der Waals surface area contributed by atoms with Crippen LogP contribution in [0.2, 0.25) is 0 Å². The molecular weight excluding hydrogens is 395 g/mol. The van der Waals surface area contributed by atoms with Gasteiger partial charge < -0.3 is 0 Å². The minimum Gasteiger partial charge on any atom is -0.295 e. The standard InChI is InChI=1S/C15H15IO2S.C2H6/c1-11-3-5-12(6-4-11)15(18-19-17-2)13-7-9-14(16)10-8-13;1-2/h3-10,15H,1-2H3;1-2H3. The third-order valence-corrected chi connectivity index (χ3v) is 3.88. The predicted molar refractivity (Wildman–Crippen MR) is 99.2 cm³/mol. The molecule has 0 bridgehead atoms. The molecule has 0 spiro atoms. The quantitative estimate of drug-likeness (QED) is 0.444. The Hall–Kier alpha value is -0.560. The van der Waals surface area contributed by atoms with Gasteiger partial charge in [0.25, 0.3) is 0 Å². The summed E-state index contributed by atoms with van der Waals surface area (Å²) in [6.45, 7) is 6.08. The van der Waals surface area contributed by atoms with Gasteiger partial charge >= 0.3 is 0 Å². The Labute approximate surface area is 145 Å². The predicted octanol–water partition coefficient (Wildman–Crippen LogP) is 5.94. The summed E-state index contributed by atoms with van der Waals surface area (Å²) >= 11 is 3.31. The zero-order chi connectivity index (χ0) is 15.7. The summed E-state index contributed by atoms with van der Waals surface area (Å²) in [5, 5.41) is 0. The zero-order valence-corrected chi connectivity index (χ0v) is 15.8. The summed E-state index contributed by atoms with van der Waals surface area (Å²) in [4.78, 5) is 0. The van der Waals surface area contributed by atoms with Crippen LogP contribution in [0.4, 0.5) is 0 Å². The molecule has 1 unspecified atom stereocenters. The number of benzene rings is 2. The molecule has 2 nitrogen and oxygen atoms in total. The molecule has 0 saturated carbocycles. The SMILES string of the molecule is CC.COSOC(c1ccc(C)cc1)c1ccc(I)cc1. The molecule has 0 aromatic heterocycles. The summed E-state index contributed by atoms with van der Waals surface area (Å²) in [5.74, 6) is 0. The van der Waals surface area contributed by atoms with Crippen molar-refractivity contribution in [2.24, 2.45) is 0 Å². The van der Waals surface area contributed by atoms with Gasteiger partial charge in [0, 0.05) is 3.57 Å². The summed E-state index contributed by atoms with van der Waals surface area (Å²) in [6.07, 6.45) is -0.123. The number of rotatable bonds is 5. The highest BCUT2D eigenvalue weighted by molar-refractivity contribution is 14.1. The molecule has 21 heavy (non-hydrogen) atoms. The maximum absolute atomic E-state index is 5.74. The average Bonchev–Trinajstić information content (AvgIpc) is 2.53. The van der Waals surface area contributed by atoms with Crippen LogP contribution in [0.1, 0.15) is 36.6 Å². The number of hydrogen-bond donors (Lipinski definition) is 0. The van der Waals surface area contributed by atoms with E-state index in [1.54, 1.807) is 7.11 Å². The highest BCUT2D eigenvalue weighted by Gasteiger charge is 2.15. The maximum atomic E-state index is 5.74. The second-order valence-electron chi connectivity index (χ2n) is 4.17. The first-order valence-corrected chi connectivity index (χ1v) is 8.63. The van der Waals surface area contributed by atoms with E-state index >= 15 is 0 Å². The molecule has 0 saturated heterocycles. The first kappa shape index (κ1) is 18.5. The van der Waals surface area contributed by atoms with Gasteiger partial charge in [-0.25, -0.2) is 0 Å². The smallest absolute Gasteiger partial charge is 0.159 e. The molecule has 0 N–H and O–H groups in total. The lowest BCUT2D eigenvalue weighted by Crippen LogP contribution is -2.02. The zero-order valence-electron chi connectivity index (χ0n) is 12.8. The van der Waals surface area contributed by atoms with Gasteiger partial charge in [-0.3, -0.25) is 8.37 Å². The van der Waals surface area contributed by atoms with Gasteiger partial charge in [0.2, 0.25) is 0 Å². The van der Waals surface area contributed by atoms with E-state index in [0.717, 1.165) is 23.5 Å². The molecule has 0 amide bonds. The Morgan fingerprint density at radius 2 is 1.38 bits per heavy atom. The summed E-state index contributed by atoms with van der Waals surface area (Å²) < 4.78 is 11.9. The lowest BCUT2D eigenvalue weighted by atomic mass is 10.0. The van der Waals surface area contributed by atoms with Crippen LogP contribution in [0.25, 0.3) is 0 Å². The van der Waals surface area contributed by atoms with E-state index in [-0.39, 0.29) is 6.10 Å². The molecule has 0 aliphatic rings. The van der Waals surface area contributed by atoms with Crippen LogP contribution in [0, 0.1) is 10.5 Å². The summed E-state index contributed by atoms with van der Waals surface area (Å²) in [6, 6.07) is 16.7. The third-order valence-electron chi connectivity index (χ3n) is 2.76. The third kappa shape index (κ3) is 5.98. The van der Waals surface area contributed by atoms with Crippen molar-refractivity contribution >= 4 is 34.9 Å². The largest absolute Gasteiger partial charge is 0.295 e. The van der Waals surface area contributed by atoms with Gasteiger partial charge in [-0.1, -0.05) is 55.8 Å². The van der Waals surface area contributed by atoms with E-state index in [4.69, 9.17) is 8.37 Å². The van der Waals surface area contributed by atoms with Crippen molar-refractivity contribution in [2.45, 2.75) is 26.9 Å². The Bertz CT molecular complexity index is 466. The monoisotopic (exact) mass is 416 g/mol. The van der Waals surface area contributed by atoms with Gasteiger partial charge in [0.15, 0.2) is 12.3 Å². The molecule has 0 aliphatic heterocycles. The van der Waals surface area contributed by atoms with Crippen molar-refractivity contribution in [1.82, 2.24) is 0 Å². The lowest BCUT2D eigenvalue weighted by Gasteiger charge is -2.17. The van der Waals surface area contributed by atoms with Gasteiger partial charge in [-0.05, 0) is 52.8 Å². The molecule has 0 radical (unpaired) electrons. The van der Waals surface area contributed by atoms with Gasteiger partial charge in [0.05, 0.1) is 7.11 Å². The lowest BCUT2D eigenvalue weighted by molar-refractivity contribution is 0.261. The normalized spacial score (nSPS) is 11.5. The van der Waals surface area contributed by atoms with Crippen molar-refractivity contribution in [3.63, 3.8) is 0 Å². The highest BCUT2D eigenvalue weighted by Crippen LogP contribution is 2.30. The van der Waals surface area contributed by atoms with Gasteiger partial charge in [-0.2, -0.15) is 0 Å². The Kier molecular flexibility index (Phi) is 8.99. The average molecular weight is 416 g/mol. The Morgan fingerprint density at radius 3 is 1.86 bits per heavy atom. The van der Waals surface area contributed by atoms with E-state index in [0.29, 0.717) is 0 Å². The van der Waals surface area contributed by atoms with Crippen LogP contribution in [-0.4, -0.2) is 7.11 Å². The van der Waals surface area contributed by atoms with Crippen LogP contribution in [-0.2, 0) is 8.37 Å². The van der Waals surface area contributed by atoms with Crippen LogP contribution in [0.5, 0.6) is 0 Å². The minimum atomic E-state index is -0.123. The van der Waals surface area contributed by atoms with Crippen LogP contribution < -0.4 is 0 Å². The maximum Gasteiger partial charge on any atom is 0.159 e. The van der Waals surface area contributed by atoms with Gasteiger partial charge in [0.1, 0.15) is 6.10 Å². The van der Waals surface area contributed by atoms with Crippen molar-refractivity contribution in [3.8, 4) is 0 Å². The fourth-order valence-corrected chi connectivity index (χ4v) is 2.50. The van der Waals surface area contributed by atoms with Crippen LogP contribution in [0.15, 0.2) is 48.5 Å². The van der Waals surface area contributed by atoms with E-state index < -0.39 is 0 Å². The fraction of sp³-hybridized carbons (Fsp3) is 0.294. The molecule has 1 atom stereocenters. The summed E-state index contributed by atoms with van der Waals surface area (Å²) in [5.41, 5.74) is 3.48. The van der Waals surface area contributed by atoms with E-state index in [2.05, 4.69) is 78.0 Å². The number of aryl methyl sites for hydroxylation is 1. The molecular formula is C17H21IO2S. The summed E-state index contributed by atoms with van der Waals surface area (Å²) in [7, 11) is 1.60. The number of hydrogen-bond acceptors (Lipinski definition) is 3. The molecule has 0 fully saturated rings. The second-order valence-corrected chi connectivity index (χ2v) is 6.08. The first-order valence-electron chi connectivity index (χ1n) is 6.89. The number of halogens is 1. The van der Waals surface area contributed by atoms with Crippen molar-refractivity contribution in [2.75, 3.05) is 7.11 Å². The molecule has 0 aliphatic carbocycles. The second kappa shape index (κ2) is 10.2. The van der Waals surface area contributed by atoms with Crippen LogP contribution >= 0.6 is 34.9 Å². The van der Waals surface area contributed by atoms with Crippen molar-refractivity contribution in [3.05, 3.63) is 68.8 Å². The fourth-order valence-electron chi connectivity index (χ4n) is 1.76. The molecule has 2 aromatic rings. The highest BCUT2D eigenvalue weighted by atomic mass is 127. The van der Waals surface area contributed by atoms with E-state index in [1.807, 2.05) is 13.8 Å². The van der Waals surface area contributed by atoms with Crippen molar-refractivity contribution in [1.29, 1.82) is 0 Å². The molecule has 4 heteroatoms. The van der Waals surface area contributed by atoms with E-state index in [1.165, 1.54) is 9.13 Å². The Balaban J connectivity index is 0.00000106. The van der Waals surface area contributed by atoms with E-state index in [9.17, 15) is 0 Å². The Morgan fingerprint density at radius 1 is 0.905 bits per heavy atom. The molecule has 0 heterocycles. The minimum absolute atomic E-state index is 0.123. The molecule has 2 aromatic carbocycles. The van der Waals surface area contributed by atoms with Gasteiger partial charge in [-0.15, -0.1) is 0 Å². The molecule has 2 rings (SSSR count).